The van der Waals surface area contributed by atoms with Crippen LogP contribution in [-0.2, 0) is 7.05 Å². The Kier molecular flexibility index (Phi) is 2.72. The van der Waals surface area contributed by atoms with E-state index in [9.17, 15) is 4.79 Å². The van der Waals surface area contributed by atoms with E-state index in [2.05, 4.69) is 15.3 Å². The van der Waals surface area contributed by atoms with Crippen LogP contribution in [0, 0.1) is 0 Å². The van der Waals surface area contributed by atoms with Gasteiger partial charge in [0, 0.05) is 19.4 Å². The maximum atomic E-state index is 11.7. The molecule has 0 amide bonds. The minimum atomic E-state index is -0.197. The standard InChI is InChI=1S/C10H12N4O2/c1-7(9-12-4-6-16-9)13-8-10(15)14(2)5-3-11-8/h3-7H,1-2H3,(H,11,13). The molecule has 0 fully saturated rings. The molecule has 2 aromatic heterocycles. The fourth-order valence-corrected chi connectivity index (χ4v) is 1.31. The van der Waals surface area contributed by atoms with E-state index in [1.807, 2.05) is 6.92 Å². The summed E-state index contributed by atoms with van der Waals surface area (Å²) in [5.41, 5.74) is -0.180. The van der Waals surface area contributed by atoms with E-state index >= 15 is 0 Å². The van der Waals surface area contributed by atoms with Crippen molar-refractivity contribution >= 4 is 5.82 Å². The number of nitrogens with zero attached hydrogens (tertiary/aromatic N) is 3. The maximum Gasteiger partial charge on any atom is 0.293 e. The van der Waals surface area contributed by atoms with Gasteiger partial charge in [0.1, 0.15) is 12.3 Å². The molecule has 84 valence electrons. The summed E-state index contributed by atoms with van der Waals surface area (Å²) >= 11 is 0. The quantitative estimate of drug-likeness (QED) is 0.833. The molecule has 0 aliphatic rings. The molecule has 1 atom stereocenters. The van der Waals surface area contributed by atoms with Gasteiger partial charge in [-0.1, -0.05) is 0 Å². The van der Waals surface area contributed by atoms with Crippen LogP contribution in [0.2, 0.25) is 0 Å². The van der Waals surface area contributed by atoms with E-state index in [0.717, 1.165) is 0 Å². The summed E-state index contributed by atoms with van der Waals surface area (Å²) in [6.45, 7) is 1.85. The van der Waals surface area contributed by atoms with Crippen LogP contribution >= 0.6 is 0 Å². The zero-order valence-electron chi connectivity index (χ0n) is 9.04. The summed E-state index contributed by atoms with van der Waals surface area (Å²) in [4.78, 5) is 19.6. The summed E-state index contributed by atoms with van der Waals surface area (Å²) in [5, 5.41) is 2.95. The van der Waals surface area contributed by atoms with Crippen LogP contribution in [0.1, 0.15) is 18.9 Å². The molecule has 0 saturated heterocycles. The van der Waals surface area contributed by atoms with Crippen molar-refractivity contribution in [2.45, 2.75) is 13.0 Å². The van der Waals surface area contributed by atoms with Crippen LogP contribution in [0.25, 0.3) is 0 Å². The topological polar surface area (TPSA) is 73.0 Å². The molecular formula is C10H12N4O2. The molecule has 2 rings (SSSR count). The molecule has 0 aromatic carbocycles. The third-order valence-corrected chi connectivity index (χ3v) is 2.19. The van der Waals surface area contributed by atoms with Crippen molar-refractivity contribution < 1.29 is 4.42 Å². The van der Waals surface area contributed by atoms with Crippen molar-refractivity contribution in [3.8, 4) is 0 Å². The van der Waals surface area contributed by atoms with E-state index in [-0.39, 0.29) is 17.4 Å². The molecule has 6 heteroatoms. The first-order chi connectivity index (χ1) is 7.68. The molecule has 0 saturated carbocycles. The van der Waals surface area contributed by atoms with Crippen molar-refractivity contribution in [3.63, 3.8) is 0 Å². The number of rotatable bonds is 3. The Labute approximate surface area is 92.0 Å². The summed E-state index contributed by atoms with van der Waals surface area (Å²) in [5.74, 6) is 0.809. The monoisotopic (exact) mass is 220 g/mol. The molecule has 2 aromatic rings. The lowest BCUT2D eigenvalue weighted by Crippen LogP contribution is -2.23. The minimum absolute atomic E-state index is 0.180. The first-order valence-corrected chi connectivity index (χ1v) is 4.86. The summed E-state index contributed by atoms with van der Waals surface area (Å²) in [6, 6.07) is -0.197. The maximum absolute atomic E-state index is 11.7. The van der Waals surface area contributed by atoms with Crippen LogP contribution < -0.4 is 10.9 Å². The van der Waals surface area contributed by atoms with Crippen molar-refractivity contribution in [1.82, 2.24) is 14.5 Å². The first kappa shape index (κ1) is 10.4. The van der Waals surface area contributed by atoms with Crippen molar-refractivity contribution in [2.24, 2.45) is 7.05 Å². The van der Waals surface area contributed by atoms with Gasteiger partial charge in [0.25, 0.3) is 5.56 Å². The van der Waals surface area contributed by atoms with Gasteiger partial charge in [-0.3, -0.25) is 4.79 Å². The van der Waals surface area contributed by atoms with Crippen molar-refractivity contribution in [1.29, 1.82) is 0 Å². The lowest BCUT2D eigenvalue weighted by molar-refractivity contribution is 0.474. The zero-order chi connectivity index (χ0) is 11.5. The Balaban J connectivity index is 2.22. The predicted molar refractivity (Wildman–Crippen MR) is 58.0 cm³/mol. The molecule has 0 bridgehead atoms. The Hall–Kier alpha value is -2.11. The van der Waals surface area contributed by atoms with Crippen LogP contribution in [0.4, 0.5) is 5.82 Å². The number of nitrogens with one attached hydrogen (secondary N) is 1. The molecular weight excluding hydrogens is 208 g/mol. The Morgan fingerprint density at radius 2 is 2.25 bits per heavy atom. The van der Waals surface area contributed by atoms with Gasteiger partial charge in [0.2, 0.25) is 5.89 Å². The van der Waals surface area contributed by atoms with Crippen molar-refractivity contribution in [2.75, 3.05) is 5.32 Å². The summed E-state index contributed by atoms with van der Waals surface area (Å²) in [6.07, 6.45) is 6.21. The molecule has 0 aliphatic heterocycles. The van der Waals surface area contributed by atoms with Gasteiger partial charge < -0.3 is 14.3 Å². The third kappa shape index (κ3) is 1.95. The molecule has 16 heavy (non-hydrogen) atoms. The van der Waals surface area contributed by atoms with Crippen LogP contribution in [0.5, 0.6) is 0 Å². The molecule has 0 spiro atoms. The highest BCUT2D eigenvalue weighted by atomic mass is 16.3. The highest BCUT2D eigenvalue weighted by Crippen LogP contribution is 2.12. The summed E-state index contributed by atoms with van der Waals surface area (Å²) in [7, 11) is 1.67. The number of hydrogen-bond acceptors (Lipinski definition) is 5. The number of anilines is 1. The Morgan fingerprint density at radius 1 is 1.44 bits per heavy atom. The molecule has 6 nitrogen and oxygen atoms in total. The van der Waals surface area contributed by atoms with Gasteiger partial charge in [-0.05, 0) is 6.92 Å². The van der Waals surface area contributed by atoms with Gasteiger partial charge >= 0.3 is 0 Å². The Bertz CT molecular complexity index is 518. The second kappa shape index (κ2) is 4.18. The lowest BCUT2D eigenvalue weighted by atomic mass is 10.3. The third-order valence-electron chi connectivity index (χ3n) is 2.19. The normalized spacial score (nSPS) is 12.4. The van der Waals surface area contributed by atoms with Gasteiger partial charge in [0.15, 0.2) is 5.82 Å². The number of aromatic nitrogens is 3. The smallest absolute Gasteiger partial charge is 0.293 e. The molecule has 1 N–H and O–H groups in total. The zero-order valence-corrected chi connectivity index (χ0v) is 9.04. The minimum Gasteiger partial charge on any atom is -0.447 e. The van der Waals surface area contributed by atoms with Crippen LogP contribution in [0.15, 0.2) is 34.1 Å². The van der Waals surface area contributed by atoms with Gasteiger partial charge in [0.05, 0.1) is 6.20 Å². The van der Waals surface area contributed by atoms with Gasteiger partial charge in [-0.25, -0.2) is 9.97 Å². The van der Waals surface area contributed by atoms with Gasteiger partial charge in [-0.15, -0.1) is 0 Å². The average Bonchev–Trinajstić information content (AvgIpc) is 2.78. The number of oxazole rings is 1. The Morgan fingerprint density at radius 3 is 2.94 bits per heavy atom. The largest absolute Gasteiger partial charge is 0.447 e. The molecule has 0 radical (unpaired) electrons. The summed E-state index contributed by atoms with van der Waals surface area (Å²) < 4.78 is 6.58. The molecule has 2 heterocycles. The van der Waals surface area contributed by atoms with Crippen LogP contribution in [0.3, 0.4) is 0 Å². The fraction of sp³-hybridized carbons (Fsp3) is 0.300. The predicted octanol–water partition coefficient (Wildman–Crippen LogP) is 0.941. The highest BCUT2D eigenvalue weighted by Gasteiger charge is 2.12. The fourth-order valence-electron chi connectivity index (χ4n) is 1.31. The second-order valence-corrected chi connectivity index (χ2v) is 3.43. The molecule has 0 aliphatic carbocycles. The van der Waals surface area contributed by atoms with Crippen LogP contribution in [-0.4, -0.2) is 14.5 Å². The van der Waals surface area contributed by atoms with Crippen molar-refractivity contribution in [3.05, 3.63) is 41.1 Å². The number of hydrogen-bond donors (Lipinski definition) is 1. The lowest BCUT2D eigenvalue weighted by Gasteiger charge is -2.10. The SMILES string of the molecule is CC(Nc1nccn(C)c1=O)c1ncco1. The first-order valence-electron chi connectivity index (χ1n) is 4.86. The van der Waals surface area contributed by atoms with E-state index in [1.165, 1.54) is 10.8 Å². The second-order valence-electron chi connectivity index (χ2n) is 3.43. The average molecular weight is 220 g/mol. The van der Waals surface area contributed by atoms with Gasteiger partial charge in [-0.2, -0.15) is 0 Å². The van der Waals surface area contributed by atoms with E-state index in [1.54, 1.807) is 25.6 Å². The van der Waals surface area contributed by atoms with E-state index in [4.69, 9.17) is 4.42 Å². The number of aryl methyl sites for hydroxylation is 1. The van der Waals surface area contributed by atoms with E-state index in [0.29, 0.717) is 5.89 Å². The molecule has 1 unspecified atom stereocenters. The van der Waals surface area contributed by atoms with E-state index < -0.39 is 0 Å². The highest BCUT2D eigenvalue weighted by molar-refractivity contribution is 5.32.